The molecule has 0 fully saturated rings. The summed E-state index contributed by atoms with van der Waals surface area (Å²) in [4.78, 5) is 25.2. The van der Waals surface area contributed by atoms with E-state index in [1.54, 1.807) is 19.1 Å². The minimum atomic E-state index is -0.250. The summed E-state index contributed by atoms with van der Waals surface area (Å²) in [6.45, 7) is 3.05. The van der Waals surface area contributed by atoms with E-state index in [1.807, 2.05) is 46.0 Å². The van der Waals surface area contributed by atoms with Gasteiger partial charge in [0.25, 0.3) is 0 Å². The summed E-state index contributed by atoms with van der Waals surface area (Å²) in [7, 11) is 0. The smallest absolute Gasteiger partial charge is 0.242 e. The van der Waals surface area contributed by atoms with Crippen LogP contribution in [0.1, 0.15) is 16.1 Å². The Hall–Kier alpha value is -3.52. The third kappa shape index (κ3) is 3.89. The number of carbonyl (C=O) groups excluding carboxylic acids is 1. The Morgan fingerprint density at radius 3 is 2.75 bits per heavy atom. The van der Waals surface area contributed by atoms with Gasteiger partial charge in [-0.1, -0.05) is 30.3 Å². The molecule has 6 nitrogen and oxygen atoms in total. The van der Waals surface area contributed by atoms with E-state index in [9.17, 15) is 9.18 Å². The number of hydrogen-bond donors (Lipinski definition) is 1. The predicted octanol–water partition coefficient (Wildman–Crippen LogP) is 4.29. The van der Waals surface area contributed by atoms with Crippen LogP contribution in [0.3, 0.4) is 0 Å². The monoisotopic (exact) mass is 447 g/mol. The van der Waals surface area contributed by atoms with Crippen LogP contribution in [0.15, 0.2) is 54.7 Å². The Morgan fingerprint density at radius 2 is 1.97 bits per heavy atom. The largest absolute Gasteiger partial charge is 0.375 e. The van der Waals surface area contributed by atoms with Crippen LogP contribution in [0.25, 0.3) is 22.6 Å². The maximum atomic E-state index is 13.8. The van der Waals surface area contributed by atoms with Gasteiger partial charge in [0.1, 0.15) is 18.2 Å². The van der Waals surface area contributed by atoms with Crippen LogP contribution in [0, 0.1) is 12.7 Å². The first-order valence-electron chi connectivity index (χ1n) is 10.4. The molecule has 0 unspecified atom stereocenters. The SMILES string of the molecule is Cc1cc(-c2cn(CC(=O)N3CCc4nc(N)sc4C3)c(-c3ccccc3)n2)ccc1F. The van der Waals surface area contributed by atoms with Crippen molar-refractivity contribution in [2.75, 3.05) is 12.3 Å². The van der Waals surface area contributed by atoms with Gasteiger partial charge in [-0.15, -0.1) is 11.3 Å². The van der Waals surface area contributed by atoms with E-state index in [-0.39, 0.29) is 18.3 Å². The zero-order valence-corrected chi connectivity index (χ0v) is 18.4. The third-order valence-corrected chi connectivity index (χ3v) is 6.58. The number of benzene rings is 2. The van der Waals surface area contributed by atoms with Gasteiger partial charge in [0, 0.05) is 35.2 Å². The highest BCUT2D eigenvalue weighted by Crippen LogP contribution is 2.28. The van der Waals surface area contributed by atoms with E-state index in [2.05, 4.69) is 4.98 Å². The summed E-state index contributed by atoms with van der Waals surface area (Å²) in [5.74, 6) is 0.467. The molecule has 162 valence electrons. The second-order valence-electron chi connectivity index (χ2n) is 7.89. The highest BCUT2D eigenvalue weighted by Gasteiger charge is 2.25. The number of imidazole rings is 1. The first-order valence-corrected chi connectivity index (χ1v) is 11.2. The van der Waals surface area contributed by atoms with Crippen molar-refractivity contribution in [2.24, 2.45) is 0 Å². The van der Waals surface area contributed by atoms with Crippen molar-refractivity contribution in [3.8, 4) is 22.6 Å². The number of anilines is 1. The molecule has 32 heavy (non-hydrogen) atoms. The number of nitrogens with two attached hydrogens (primary N) is 1. The van der Waals surface area contributed by atoms with Crippen LogP contribution in [-0.2, 0) is 24.3 Å². The number of halogens is 1. The highest BCUT2D eigenvalue weighted by molar-refractivity contribution is 7.15. The minimum absolute atomic E-state index is 0.0130. The molecule has 0 bridgehead atoms. The third-order valence-electron chi connectivity index (χ3n) is 5.67. The molecule has 4 aromatic rings. The molecule has 1 amide bonds. The second kappa shape index (κ2) is 8.20. The number of carbonyl (C=O) groups is 1. The Labute approximate surface area is 189 Å². The van der Waals surface area contributed by atoms with Gasteiger partial charge in [-0.25, -0.2) is 14.4 Å². The van der Waals surface area contributed by atoms with Gasteiger partial charge < -0.3 is 15.2 Å². The van der Waals surface area contributed by atoms with Crippen LogP contribution in [0.5, 0.6) is 0 Å². The summed E-state index contributed by atoms with van der Waals surface area (Å²) in [6, 6.07) is 14.7. The van der Waals surface area contributed by atoms with Crippen molar-refractivity contribution in [2.45, 2.75) is 26.4 Å². The van der Waals surface area contributed by atoms with Crippen LogP contribution < -0.4 is 5.73 Å². The Bertz CT molecular complexity index is 1300. The molecule has 0 radical (unpaired) electrons. The highest BCUT2D eigenvalue weighted by atomic mass is 32.1. The number of hydrogen-bond acceptors (Lipinski definition) is 5. The molecular formula is C24H22FN5OS. The molecule has 0 saturated carbocycles. The maximum Gasteiger partial charge on any atom is 0.242 e. The average Bonchev–Trinajstić information content (AvgIpc) is 3.38. The molecule has 5 rings (SSSR count). The lowest BCUT2D eigenvalue weighted by molar-refractivity contribution is -0.132. The molecule has 3 heterocycles. The number of amides is 1. The molecule has 2 N–H and O–H groups in total. The van der Waals surface area contributed by atoms with Gasteiger partial charge in [-0.2, -0.15) is 0 Å². The fraction of sp³-hybridized carbons (Fsp3) is 0.208. The zero-order chi connectivity index (χ0) is 22.2. The quantitative estimate of drug-likeness (QED) is 0.506. The summed E-state index contributed by atoms with van der Waals surface area (Å²) in [6.07, 6.45) is 2.58. The number of nitrogen functional groups attached to an aromatic ring is 1. The first-order chi connectivity index (χ1) is 15.5. The lowest BCUT2D eigenvalue weighted by atomic mass is 10.1. The number of nitrogens with zero attached hydrogens (tertiary/aromatic N) is 4. The number of fused-ring (bicyclic) bond motifs is 1. The minimum Gasteiger partial charge on any atom is -0.375 e. The van der Waals surface area contributed by atoms with Crippen molar-refractivity contribution in [1.29, 1.82) is 0 Å². The summed E-state index contributed by atoms with van der Waals surface area (Å²) >= 11 is 1.44. The summed E-state index contributed by atoms with van der Waals surface area (Å²) in [5, 5.41) is 0.546. The van der Waals surface area contributed by atoms with E-state index >= 15 is 0 Å². The zero-order valence-electron chi connectivity index (χ0n) is 17.6. The fourth-order valence-corrected chi connectivity index (χ4v) is 4.87. The maximum absolute atomic E-state index is 13.8. The van der Waals surface area contributed by atoms with Gasteiger partial charge in [0.05, 0.1) is 17.9 Å². The molecule has 2 aromatic heterocycles. The van der Waals surface area contributed by atoms with E-state index < -0.39 is 0 Å². The van der Waals surface area contributed by atoms with Crippen molar-refractivity contribution in [1.82, 2.24) is 19.4 Å². The van der Waals surface area contributed by atoms with Gasteiger partial charge in [0.15, 0.2) is 5.13 Å². The van der Waals surface area contributed by atoms with Crippen LogP contribution in [-0.4, -0.2) is 31.9 Å². The lowest BCUT2D eigenvalue weighted by Gasteiger charge is -2.26. The van der Waals surface area contributed by atoms with Gasteiger partial charge in [-0.05, 0) is 30.7 Å². The van der Waals surface area contributed by atoms with E-state index in [0.29, 0.717) is 41.7 Å². The Kier molecular flexibility index (Phi) is 5.22. The normalized spacial score (nSPS) is 13.2. The summed E-state index contributed by atoms with van der Waals surface area (Å²) in [5.41, 5.74) is 9.83. The number of aryl methyl sites for hydroxylation is 1. The van der Waals surface area contributed by atoms with Crippen LogP contribution in [0.2, 0.25) is 0 Å². The topological polar surface area (TPSA) is 77.0 Å². The van der Waals surface area contributed by atoms with Crippen molar-refractivity contribution < 1.29 is 9.18 Å². The molecule has 0 aliphatic carbocycles. The number of thiazole rings is 1. The molecule has 2 aromatic carbocycles. The van der Waals surface area contributed by atoms with Gasteiger partial charge >= 0.3 is 0 Å². The molecular weight excluding hydrogens is 425 g/mol. The van der Waals surface area contributed by atoms with Crippen molar-refractivity contribution in [3.05, 3.63) is 76.7 Å². The molecule has 8 heteroatoms. The van der Waals surface area contributed by atoms with Crippen LogP contribution in [0.4, 0.5) is 9.52 Å². The predicted molar refractivity (Wildman–Crippen MR) is 123 cm³/mol. The fourth-order valence-electron chi connectivity index (χ4n) is 3.97. The molecule has 0 spiro atoms. The van der Waals surface area contributed by atoms with Gasteiger partial charge in [0.2, 0.25) is 5.91 Å². The van der Waals surface area contributed by atoms with E-state index in [1.165, 1.54) is 17.4 Å². The Morgan fingerprint density at radius 1 is 1.16 bits per heavy atom. The Balaban J connectivity index is 1.46. The van der Waals surface area contributed by atoms with E-state index in [4.69, 9.17) is 10.7 Å². The standard InChI is InChI=1S/C24H22FN5OS/c1-15-11-17(7-8-18(15)25)20-12-30(23(27-20)16-5-3-2-4-6-16)14-22(31)29-10-9-19-21(13-29)32-24(26)28-19/h2-8,11-12H,9-10,13-14H2,1H3,(H2,26,28). The average molecular weight is 448 g/mol. The van der Waals surface area contributed by atoms with Gasteiger partial charge in [-0.3, -0.25) is 4.79 Å². The van der Waals surface area contributed by atoms with Crippen molar-refractivity contribution in [3.63, 3.8) is 0 Å². The summed E-state index contributed by atoms with van der Waals surface area (Å²) < 4.78 is 15.6. The second-order valence-corrected chi connectivity index (χ2v) is 9.01. The molecule has 0 atom stereocenters. The van der Waals surface area contributed by atoms with Crippen LogP contribution >= 0.6 is 11.3 Å². The van der Waals surface area contributed by atoms with Crippen molar-refractivity contribution >= 4 is 22.4 Å². The number of rotatable bonds is 4. The number of aromatic nitrogens is 3. The molecule has 0 saturated heterocycles. The van der Waals surface area contributed by atoms with E-state index in [0.717, 1.165) is 21.7 Å². The molecule has 1 aliphatic heterocycles. The molecule has 1 aliphatic rings. The lowest BCUT2D eigenvalue weighted by Crippen LogP contribution is -2.37. The first kappa shape index (κ1) is 20.4.